The van der Waals surface area contributed by atoms with Crippen molar-refractivity contribution in [1.82, 2.24) is 5.32 Å². The van der Waals surface area contributed by atoms with E-state index in [0.29, 0.717) is 23.7 Å². The second-order valence-electron chi connectivity index (χ2n) is 5.51. The summed E-state index contributed by atoms with van der Waals surface area (Å²) >= 11 is 12.8. The van der Waals surface area contributed by atoms with Crippen molar-refractivity contribution in [2.24, 2.45) is 0 Å². The normalized spacial score (nSPS) is 15.9. The molecule has 27 heavy (non-hydrogen) atoms. The van der Waals surface area contributed by atoms with Crippen LogP contribution in [0.3, 0.4) is 0 Å². The Morgan fingerprint density at radius 1 is 1.19 bits per heavy atom. The summed E-state index contributed by atoms with van der Waals surface area (Å²) in [7, 11) is -4.05. The molecule has 3 rings (SSSR count). The van der Waals surface area contributed by atoms with Gasteiger partial charge in [0.15, 0.2) is 5.75 Å². The number of halogens is 2. The van der Waals surface area contributed by atoms with E-state index in [1.807, 2.05) is 6.92 Å². The van der Waals surface area contributed by atoms with Crippen molar-refractivity contribution in [3.05, 3.63) is 61.4 Å². The molecule has 2 aromatic carbocycles. The van der Waals surface area contributed by atoms with E-state index in [-0.39, 0.29) is 16.6 Å². The van der Waals surface area contributed by atoms with Crippen LogP contribution in [0.1, 0.15) is 11.1 Å². The third-order valence-corrected chi connectivity index (χ3v) is 6.91. The molecule has 0 aliphatic carbocycles. The summed E-state index contributed by atoms with van der Waals surface area (Å²) in [6, 6.07) is 9.66. The van der Waals surface area contributed by atoms with Crippen LogP contribution in [-0.4, -0.2) is 18.6 Å². The first-order chi connectivity index (χ1) is 12.7. The minimum atomic E-state index is -4.05. The summed E-state index contributed by atoms with van der Waals surface area (Å²) in [5.74, 6) is -0.258. The number of amides is 1. The van der Waals surface area contributed by atoms with Gasteiger partial charge in [-0.15, -0.1) is 0 Å². The van der Waals surface area contributed by atoms with Crippen LogP contribution >= 0.6 is 55.8 Å². The molecule has 140 valence electrons. The molecule has 1 fully saturated rings. The Hall–Kier alpha value is -1.20. The molecule has 0 unspecified atom stereocenters. The Balaban J connectivity index is 2.05. The van der Waals surface area contributed by atoms with Crippen molar-refractivity contribution in [1.29, 1.82) is 0 Å². The molecule has 5 nitrogen and oxygen atoms in total. The molecule has 0 radical (unpaired) electrons. The molecule has 1 aliphatic heterocycles. The highest BCUT2D eigenvalue weighted by Crippen LogP contribution is 2.38. The minimum absolute atomic E-state index is 0.0377. The first-order valence-corrected chi connectivity index (χ1v) is 11.6. The Kier molecular flexibility index (Phi) is 6.11. The molecule has 0 saturated carbocycles. The van der Waals surface area contributed by atoms with Gasteiger partial charge in [0.2, 0.25) is 0 Å². The van der Waals surface area contributed by atoms with Crippen molar-refractivity contribution in [2.45, 2.75) is 11.8 Å². The largest absolute Gasteiger partial charge is 0.377 e. The van der Waals surface area contributed by atoms with Gasteiger partial charge >= 0.3 is 10.1 Å². The van der Waals surface area contributed by atoms with Gasteiger partial charge in [-0.2, -0.15) is 8.42 Å². The number of benzene rings is 2. The molecule has 0 atom stereocenters. The van der Waals surface area contributed by atoms with Crippen LogP contribution in [0.25, 0.3) is 6.08 Å². The molecule has 0 aromatic heterocycles. The lowest BCUT2D eigenvalue weighted by atomic mass is 10.2. The van der Waals surface area contributed by atoms with E-state index < -0.39 is 10.1 Å². The van der Waals surface area contributed by atoms with Gasteiger partial charge in [0.25, 0.3) is 5.91 Å². The lowest BCUT2D eigenvalue weighted by molar-refractivity contribution is -0.115. The Morgan fingerprint density at radius 2 is 1.85 bits per heavy atom. The summed E-state index contributed by atoms with van der Waals surface area (Å²) in [6.45, 7) is 1.86. The first-order valence-electron chi connectivity index (χ1n) is 7.41. The van der Waals surface area contributed by atoms with Crippen molar-refractivity contribution >= 4 is 82.3 Å². The summed E-state index contributed by atoms with van der Waals surface area (Å²) < 4.78 is 32.2. The third-order valence-electron chi connectivity index (χ3n) is 3.47. The van der Waals surface area contributed by atoms with E-state index in [1.165, 1.54) is 18.2 Å². The number of aryl methyl sites for hydroxylation is 1. The van der Waals surface area contributed by atoms with Crippen LogP contribution < -0.4 is 9.50 Å². The van der Waals surface area contributed by atoms with E-state index in [1.54, 1.807) is 24.3 Å². The zero-order chi connectivity index (χ0) is 19.8. The molecule has 1 N–H and O–H groups in total. The fourth-order valence-corrected chi connectivity index (χ4v) is 5.65. The van der Waals surface area contributed by atoms with Gasteiger partial charge in [-0.3, -0.25) is 4.79 Å². The quantitative estimate of drug-likeness (QED) is 0.337. The Labute approximate surface area is 182 Å². The maximum atomic E-state index is 12.7. The van der Waals surface area contributed by atoms with Crippen molar-refractivity contribution in [3.63, 3.8) is 0 Å². The van der Waals surface area contributed by atoms with Crippen LogP contribution in [0, 0.1) is 6.92 Å². The molecule has 1 heterocycles. The van der Waals surface area contributed by atoms with E-state index in [0.717, 1.165) is 17.3 Å². The standard InChI is InChI=1S/C17H11Br2NO4S3/c1-9-2-4-12(5-3-9)27(22,23)24-15-10(6-11(18)8-13(15)19)7-14-16(21)20-17(25)26-14/h2-8H,1H3,(H,20,21,25)/b14-7-. The van der Waals surface area contributed by atoms with Gasteiger partial charge in [-0.1, -0.05) is 57.6 Å². The van der Waals surface area contributed by atoms with E-state index in [2.05, 4.69) is 37.2 Å². The number of hydrogen-bond donors (Lipinski definition) is 1. The molecule has 2 aromatic rings. The smallest absolute Gasteiger partial charge is 0.339 e. The van der Waals surface area contributed by atoms with Crippen LogP contribution in [0.15, 0.2) is 55.1 Å². The van der Waals surface area contributed by atoms with Crippen molar-refractivity contribution < 1.29 is 17.4 Å². The number of hydrogen-bond acceptors (Lipinski definition) is 6. The molecular formula is C17H11Br2NO4S3. The second kappa shape index (κ2) is 8.04. The van der Waals surface area contributed by atoms with Gasteiger partial charge in [0.05, 0.1) is 9.38 Å². The summed E-state index contributed by atoms with van der Waals surface area (Å²) in [6.07, 6.45) is 1.54. The predicted octanol–water partition coefficient (Wildman–Crippen LogP) is 4.78. The second-order valence-corrected chi connectivity index (χ2v) is 10.5. The summed E-state index contributed by atoms with van der Waals surface area (Å²) in [5.41, 5.74) is 1.35. The molecular weight excluding hydrogens is 538 g/mol. The number of carbonyl (C=O) groups is 1. The SMILES string of the molecule is Cc1ccc(S(=O)(=O)Oc2c(Br)cc(Br)cc2/C=C2\SC(=S)NC2=O)cc1. The highest BCUT2D eigenvalue weighted by atomic mass is 79.9. The zero-order valence-electron chi connectivity index (χ0n) is 13.7. The molecule has 1 aliphatic rings. The van der Waals surface area contributed by atoms with Crippen LogP contribution in [-0.2, 0) is 14.9 Å². The fraction of sp³-hybridized carbons (Fsp3) is 0.0588. The predicted molar refractivity (Wildman–Crippen MR) is 117 cm³/mol. The highest BCUT2D eigenvalue weighted by Gasteiger charge is 2.25. The first kappa shape index (κ1) is 20.5. The molecule has 1 saturated heterocycles. The number of rotatable bonds is 4. The third kappa shape index (κ3) is 4.80. The van der Waals surface area contributed by atoms with Crippen LogP contribution in [0.2, 0.25) is 0 Å². The Bertz CT molecular complexity index is 1080. The Morgan fingerprint density at radius 3 is 2.44 bits per heavy atom. The van der Waals surface area contributed by atoms with Gasteiger partial charge in [0, 0.05) is 10.0 Å². The van der Waals surface area contributed by atoms with Crippen molar-refractivity contribution in [3.8, 4) is 5.75 Å². The highest BCUT2D eigenvalue weighted by molar-refractivity contribution is 9.11. The number of thioether (sulfide) groups is 1. The molecule has 10 heteroatoms. The van der Waals surface area contributed by atoms with E-state index >= 15 is 0 Å². The number of carbonyl (C=O) groups excluding carboxylic acids is 1. The summed E-state index contributed by atoms with van der Waals surface area (Å²) in [4.78, 5) is 12.3. The van der Waals surface area contributed by atoms with Gasteiger partial charge in [0.1, 0.15) is 9.22 Å². The maximum Gasteiger partial charge on any atom is 0.339 e. The topological polar surface area (TPSA) is 72.5 Å². The zero-order valence-corrected chi connectivity index (χ0v) is 19.3. The van der Waals surface area contributed by atoms with E-state index in [9.17, 15) is 13.2 Å². The van der Waals surface area contributed by atoms with Crippen molar-refractivity contribution in [2.75, 3.05) is 0 Å². The van der Waals surface area contributed by atoms with Crippen LogP contribution in [0.4, 0.5) is 0 Å². The van der Waals surface area contributed by atoms with Crippen LogP contribution in [0.5, 0.6) is 5.75 Å². The fourth-order valence-electron chi connectivity index (χ4n) is 2.20. The average Bonchev–Trinajstić information content (AvgIpc) is 2.88. The molecule has 0 spiro atoms. The van der Waals surface area contributed by atoms with Gasteiger partial charge < -0.3 is 9.50 Å². The van der Waals surface area contributed by atoms with Gasteiger partial charge in [-0.25, -0.2) is 0 Å². The maximum absolute atomic E-state index is 12.7. The monoisotopic (exact) mass is 547 g/mol. The molecule has 1 amide bonds. The minimum Gasteiger partial charge on any atom is -0.377 e. The average molecular weight is 549 g/mol. The summed E-state index contributed by atoms with van der Waals surface area (Å²) in [5, 5.41) is 2.52. The lowest BCUT2D eigenvalue weighted by Crippen LogP contribution is -2.17. The molecule has 0 bridgehead atoms. The van der Waals surface area contributed by atoms with Gasteiger partial charge in [-0.05, 0) is 53.2 Å². The number of thiocarbonyl (C=S) groups is 1. The lowest BCUT2D eigenvalue weighted by Gasteiger charge is -2.12. The number of nitrogens with one attached hydrogen (secondary N) is 1. The van der Waals surface area contributed by atoms with E-state index in [4.69, 9.17) is 16.4 Å².